The average Bonchev–Trinajstić information content (AvgIpc) is 3.42. The van der Waals surface area contributed by atoms with Gasteiger partial charge in [-0.05, 0) is 19.8 Å². The van der Waals surface area contributed by atoms with Gasteiger partial charge in [-0.25, -0.2) is 4.98 Å². The number of piperazine rings is 1. The number of carbonyl (C=O) groups excluding carboxylic acids is 1. The molecule has 0 bridgehead atoms. The molecule has 3 heterocycles. The molecular formula is C22H38N6OS. The van der Waals surface area contributed by atoms with Crippen LogP contribution in [-0.2, 0) is 16.6 Å². The number of likely N-dealkylation sites (tertiary alicyclic amines) is 1. The molecule has 2 fully saturated rings. The minimum absolute atomic E-state index is 0.0258. The van der Waals surface area contributed by atoms with E-state index in [4.69, 9.17) is 4.98 Å². The van der Waals surface area contributed by atoms with Crippen LogP contribution < -0.4 is 5.32 Å². The average molecular weight is 435 g/mol. The first kappa shape index (κ1) is 23.0. The summed E-state index contributed by atoms with van der Waals surface area (Å²) in [5, 5.41) is 6.84. The molecule has 8 heteroatoms. The van der Waals surface area contributed by atoms with Crippen LogP contribution in [0.5, 0.6) is 0 Å². The Morgan fingerprint density at radius 2 is 1.83 bits per heavy atom. The monoisotopic (exact) mass is 434 g/mol. The molecule has 30 heavy (non-hydrogen) atoms. The number of carbonyl (C=O) groups is 1. The molecule has 1 amide bonds. The first-order valence-corrected chi connectivity index (χ1v) is 12.1. The van der Waals surface area contributed by atoms with Gasteiger partial charge in [0, 0.05) is 70.1 Å². The van der Waals surface area contributed by atoms with E-state index in [9.17, 15) is 4.79 Å². The molecule has 0 aromatic carbocycles. The second-order valence-electron chi connectivity index (χ2n) is 9.33. The standard InChI is InChI=1S/C22H38N6OS/c1-17(20(29)27-10-6-7-11-27)26-12-14-28(15-13-26)21(23-5)24-9-8-19-25-18(16-30-19)22(2,3)4/h16-17H,6-15H2,1-5H3,(H,23,24). The lowest BCUT2D eigenvalue weighted by Crippen LogP contribution is -2.57. The highest BCUT2D eigenvalue weighted by atomic mass is 32.1. The molecule has 1 N–H and O–H groups in total. The van der Waals surface area contributed by atoms with Crippen molar-refractivity contribution >= 4 is 23.2 Å². The van der Waals surface area contributed by atoms with Crippen molar-refractivity contribution in [2.75, 3.05) is 52.9 Å². The van der Waals surface area contributed by atoms with Crippen LogP contribution in [0, 0.1) is 0 Å². The Hall–Kier alpha value is -1.67. The van der Waals surface area contributed by atoms with Crippen LogP contribution in [0.15, 0.2) is 10.4 Å². The smallest absolute Gasteiger partial charge is 0.239 e. The van der Waals surface area contributed by atoms with Gasteiger partial charge in [0.05, 0.1) is 16.7 Å². The van der Waals surface area contributed by atoms with Gasteiger partial charge in [0.2, 0.25) is 5.91 Å². The van der Waals surface area contributed by atoms with Gasteiger partial charge in [0.15, 0.2) is 5.96 Å². The van der Waals surface area contributed by atoms with Crippen molar-refractivity contribution in [1.82, 2.24) is 25.0 Å². The maximum atomic E-state index is 12.7. The maximum Gasteiger partial charge on any atom is 0.239 e. The molecule has 0 radical (unpaired) electrons. The lowest BCUT2D eigenvalue weighted by molar-refractivity contribution is -0.135. The largest absolute Gasteiger partial charge is 0.356 e. The molecule has 0 spiro atoms. The zero-order valence-electron chi connectivity index (χ0n) is 19.3. The van der Waals surface area contributed by atoms with E-state index >= 15 is 0 Å². The van der Waals surface area contributed by atoms with Gasteiger partial charge < -0.3 is 15.1 Å². The van der Waals surface area contributed by atoms with Gasteiger partial charge >= 0.3 is 0 Å². The summed E-state index contributed by atoms with van der Waals surface area (Å²) in [7, 11) is 1.84. The predicted octanol–water partition coefficient (Wildman–Crippen LogP) is 2.19. The minimum Gasteiger partial charge on any atom is -0.356 e. The van der Waals surface area contributed by atoms with E-state index in [2.05, 4.69) is 53.2 Å². The summed E-state index contributed by atoms with van der Waals surface area (Å²) in [5.41, 5.74) is 1.27. The molecular weight excluding hydrogens is 396 g/mol. The topological polar surface area (TPSA) is 64.1 Å². The van der Waals surface area contributed by atoms with E-state index < -0.39 is 0 Å². The minimum atomic E-state index is -0.0258. The predicted molar refractivity (Wildman–Crippen MR) is 124 cm³/mol. The Morgan fingerprint density at radius 1 is 1.17 bits per heavy atom. The van der Waals surface area contributed by atoms with Crippen molar-refractivity contribution in [3.05, 3.63) is 16.1 Å². The molecule has 1 aromatic rings. The number of aliphatic imine (C=N–C) groups is 1. The van der Waals surface area contributed by atoms with E-state index in [0.717, 1.165) is 71.0 Å². The van der Waals surface area contributed by atoms with Crippen LogP contribution in [0.4, 0.5) is 0 Å². The molecule has 1 aromatic heterocycles. The number of guanidine groups is 1. The number of hydrogen-bond acceptors (Lipinski definition) is 5. The van der Waals surface area contributed by atoms with E-state index in [1.807, 2.05) is 11.9 Å². The Morgan fingerprint density at radius 3 is 2.40 bits per heavy atom. The number of thiazole rings is 1. The van der Waals surface area contributed by atoms with Gasteiger partial charge in [-0.3, -0.25) is 14.7 Å². The fraction of sp³-hybridized carbons (Fsp3) is 0.773. The molecule has 0 saturated carbocycles. The summed E-state index contributed by atoms with van der Waals surface area (Å²) in [5.74, 6) is 1.24. The normalized spacial score (nSPS) is 20.0. The number of aromatic nitrogens is 1. The summed E-state index contributed by atoms with van der Waals surface area (Å²) in [4.78, 5) is 28.6. The molecule has 0 aliphatic carbocycles. The van der Waals surface area contributed by atoms with Crippen molar-refractivity contribution in [3.63, 3.8) is 0 Å². The van der Waals surface area contributed by atoms with Crippen LogP contribution >= 0.6 is 11.3 Å². The van der Waals surface area contributed by atoms with E-state index in [-0.39, 0.29) is 11.5 Å². The van der Waals surface area contributed by atoms with Crippen LogP contribution in [-0.4, -0.2) is 90.5 Å². The molecule has 168 valence electrons. The van der Waals surface area contributed by atoms with Crippen LogP contribution in [0.1, 0.15) is 51.2 Å². The third-order valence-corrected chi connectivity index (χ3v) is 7.00. The highest BCUT2D eigenvalue weighted by molar-refractivity contribution is 7.09. The van der Waals surface area contributed by atoms with Gasteiger partial charge in [0.1, 0.15) is 0 Å². The van der Waals surface area contributed by atoms with Gasteiger partial charge in [-0.2, -0.15) is 0 Å². The van der Waals surface area contributed by atoms with Gasteiger partial charge in [0.25, 0.3) is 0 Å². The second kappa shape index (κ2) is 10.1. The van der Waals surface area contributed by atoms with Crippen LogP contribution in [0.25, 0.3) is 0 Å². The fourth-order valence-electron chi connectivity index (χ4n) is 4.06. The lowest BCUT2D eigenvalue weighted by atomic mass is 9.93. The number of nitrogens with zero attached hydrogens (tertiary/aromatic N) is 5. The second-order valence-corrected chi connectivity index (χ2v) is 10.3. The highest BCUT2D eigenvalue weighted by Crippen LogP contribution is 2.24. The van der Waals surface area contributed by atoms with Crippen molar-refractivity contribution in [3.8, 4) is 0 Å². The highest BCUT2D eigenvalue weighted by Gasteiger charge is 2.30. The Bertz CT molecular complexity index is 726. The van der Waals surface area contributed by atoms with Crippen LogP contribution in [0.3, 0.4) is 0 Å². The van der Waals surface area contributed by atoms with Crippen molar-refractivity contribution in [2.24, 2.45) is 4.99 Å². The summed E-state index contributed by atoms with van der Waals surface area (Å²) in [6.45, 7) is 14.9. The molecule has 3 rings (SSSR count). The van der Waals surface area contributed by atoms with Crippen molar-refractivity contribution in [2.45, 2.75) is 58.4 Å². The quantitative estimate of drug-likeness (QED) is 0.569. The fourth-order valence-corrected chi connectivity index (χ4v) is 5.09. The Labute approximate surface area is 185 Å². The van der Waals surface area contributed by atoms with Crippen LogP contribution in [0.2, 0.25) is 0 Å². The molecule has 2 saturated heterocycles. The first-order chi connectivity index (χ1) is 14.3. The number of rotatable bonds is 5. The SMILES string of the molecule is CN=C(NCCc1nc(C(C)(C)C)cs1)N1CCN(C(C)C(=O)N2CCCC2)CC1. The summed E-state index contributed by atoms with van der Waals surface area (Å²) < 4.78 is 0. The third-order valence-electron chi connectivity index (χ3n) is 6.09. The van der Waals surface area contributed by atoms with Gasteiger partial charge in [-0.15, -0.1) is 11.3 Å². The van der Waals surface area contributed by atoms with Crippen molar-refractivity contribution < 1.29 is 4.79 Å². The summed E-state index contributed by atoms with van der Waals surface area (Å²) in [6, 6.07) is -0.0258. The molecule has 1 atom stereocenters. The zero-order chi connectivity index (χ0) is 21.7. The molecule has 1 unspecified atom stereocenters. The molecule has 2 aliphatic heterocycles. The number of hydrogen-bond donors (Lipinski definition) is 1. The Kier molecular flexibility index (Phi) is 7.74. The third kappa shape index (κ3) is 5.72. The first-order valence-electron chi connectivity index (χ1n) is 11.2. The van der Waals surface area contributed by atoms with E-state index in [1.165, 1.54) is 10.7 Å². The maximum absolute atomic E-state index is 12.7. The molecule has 2 aliphatic rings. The van der Waals surface area contributed by atoms with E-state index in [0.29, 0.717) is 5.91 Å². The lowest BCUT2D eigenvalue weighted by Gasteiger charge is -2.39. The van der Waals surface area contributed by atoms with Gasteiger partial charge in [-0.1, -0.05) is 20.8 Å². The van der Waals surface area contributed by atoms with Crippen molar-refractivity contribution in [1.29, 1.82) is 0 Å². The zero-order valence-corrected chi connectivity index (χ0v) is 20.1. The number of amides is 1. The summed E-state index contributed by atoms with van der Waals surface area (Å²) in [6.07, 6.45) is 3.20. The summed E-state index contributed by atoms with van der Waals surface area (Å²) >= 11 is 1.74. The van der Waals surface area contributed by atoms with E-state index in [1.54, 1.807) is 11.3 Å². The Balaban J connectivity index is 1.43. The molecule has 7 nitrogen and oxygen atoms in total. The number of nitrogens with one attached hydrogen (secondary N) is 1.